The number of unbranched alkanes of at least 4 members (excludes halogenated alkanes) is 3. The van der Waals surface area contributed by atoms with Gasteiger partial charge < -0.3 is 10.5 Å². The molecule has 3 nitrogen and oxygen atoms in total. The van der Waals surface area contributed by atoms with Crippen LogP contribution < -0.4 is 5.73 Å². The maximum absolute atomic E-state index is 9.34. The monoisotopic (exact) mass is 274 g/mol. The predicted octanol–water partition coefficient (Wildman–Crippen LogP) is 3.74. The van der Waals surface area contributed by atoms with Crippen LogP contribution in [0.4, 0.5) is 0 Å². The molecule has 0 heterocycles. The van der Waals surface area contributed by atoms with Gasteiger partial charge in [0, 0.05) is 0 Å². The number of nitrogens with two attached hydrogens (primary N) is 1. The fraction of sp³-hybridized carbons (Fsp3) is 0.588. The Kier molecular flexibility index (Phi) is 7.28. The first-order valence-electron chi connectivity index (χ1n) is 7.49. The van der Waals surface area contributed by atoms with Gasteiger partial charge in [-0.25, -0.2) is 0 Å². The Morgan fingerprint density at radius 2 is 1.95 bits per heavy atom. The van der Waals surface area contributed by atoms with Crippen LogP contribution in [0.25, 0.3) is 0 Å². The Hall–Kier alpha value is -1.37. The minimum absolute atomic E-state index is 0.145. The van der Waals surface area contributed by atoms with Crippen LogP contribution in [0.5, 0.6) is 0 Å². The fourth-order valence-electron chi connectivity index (χ4n) is 2.13. The van der Waals surface area contributed by atoms with E-state index in [0.717, 1.165) is 12.0 Å². The lowest BCUT2D eigenvalue weighted by Gasteiger charge is -2.24. The Morgan fingerprint density at radius 3 is 2.55 bits per heavy atom. The van der Waals surface area contributed by atoms with Crippen molar-refractivity contribution in [1.82, 2.24) is 0 Å². The van der Waals surface area contributed by atoms with Crippen molar-refractivity contribution in [3.63, 3.8) is 0 Å². The van der Waals surface area contributed by atoms with Crippen molar-refractivity contribution in [2.45, 2.75) is 57.6 Å². The number of benzene rings is 1. The average Bonchev–Trinajstić information content (AvgIpc) is 2.50. The van der Waals surface area contributed by atoms with Gasteiger partial charge in [0.2, 0.25) is 0 Å². The largest absolute Gasteiger partial charge is 0.375 e. The number of hydrogen-bond donors (Lipinski definition) is 1. The number of rotatable bonds is 9. The van der Waals surface area contributed by atoms with E-state index in [1.165, 1.54) is 25.7 Å². The number of hydrogen-bond acceptors (Lipinski definition) is 3. The predicted molar refractivity (Wildman–Crippen MR) is 82.1 cm³/mol. The van der Waals surface area contributed by atoms with Gasteiger partial charge in [0.05, 0.1) is 18.8 Å². The van der Waals surface area contributed by atoms with Crippen LogP contribution in [0.1, 0.15) is 51.5 Å². The summed E-state index contributed by atoms with van der Waals surface area (Å²) >= 11 is 0. The Morgan fingerprint density at radius 1 is 1.25 bits per heavy atom. The minimum Gasteiger partial charge on any atom is -0.375 e. The Labute approximate surface area is 122 Å². The highest BCUT2D eigenvalue weighted by Crippen LogP contribution is 2.19. The summed E-state index contributed by atoms with van der Waals surface area (Å²) in [6.07, 6.45) is 6.10. The molecule has 3 heteroatoms. The molecular formula is C17H26N2O. The average molecular weight is 274 g/mol. The van der Waals surface area contributed by atoms with E-state index >= 15 is 0 Å². The van der Waals surface area contributed by atoms with Crippen LogP contribution >= 0.6 is 0 Å². The highest BCUT2D eigenvalue weighted by molar-refractivity contribution is 5.30. The van der Waals surface area contributed by atoms with E-state index in [-0.39, 0.29) is 12.7 Å². The molecule has 20 heavy (non-hydrogen) atoms. The first kappa shape index (κ1) is 16.7. The summed E-state index contributed by atoms with van der Waals surface area (Å²) in [5.41, 5.74) is 5.91. The van der Waals surface area contributed by atoms with Gasteiger partial charge in [-0.2, -0.15) is 5.26 Å². The van der Waals surface area contributed by atoms with Gasteiger partial charge >= 0.3 is 0 Å². The van der Waals surface area contributed by atoms with E-state index in [4.69, 9.17) is 10.5 Å². The second-order valence-electron chi connectivity index (χ2n) is 5.42. The second-order valence-corrected chi connectivity index (χ2v) is 5.42. The molecule has 2 atom stereocenters. The lowest BCUT2D eigenvalue weighted by molar-refractivity contribution is 0.0357. The van der Waals surface area contributed by atoms with Crippen LogP contribution in [0.15, 0.2) is 30.3 Å². The zero-order valence-electron chi connectivity index (χ0n) is 12.6. The highest BCUT2D eigenvalue weighted by atomic mass is 16.5. The Bertz CT molecular complexity index is 413. The minimum atomic E-state index is -1.06. The molecule has 0 amide bonds. The molecule has 1 rings (SSSR count). The number of nitrogens with zero attached hydrogens (tertiary/aromatic N) is 1. The summed E-state index contributed by atoms with van der Waals surface area (Å²) in [6, 6.07) is 11.6. The van der Waals surface area contributed by atoms with Gasteiger partial charge in [0.1, 0.15) is 0 Å². The number of ether oxygens (including phenoxy) is 1. The zero-order chi connectivity index (χ0) is 14.8. The summed E-state index contributed by atoms with van der Waals surface area (Å²) < 4.78 is 5.79. The van der Waals surface area contributed by atoms with Crippen LogP contribution in [-0.2, 0) is 10.3 Å². The first-order valence-corrected chi connectivity index (χ1v) is 7.49. The summed E-state index contributed by atoms with van der Waals surface area (Å²) in [4.78, 5) is 0. The molecule has 0 saturated heterocycles. The molecule has 0 radical (unpaired) electrons. The lowest BCUT2D eigenvalue weighted by Crippen LogP contribution is -2.41. The normalized spacial score (nSPS) is 15.3. The van der Waals surface area contributed by atoms with Crippen molar-refractivity contribution in [3.8, 4) is 6.07 Å². The summed E-state index contributed by atoms with van der Waals surface area (Å²) in [7, 11) is 0. The van der Waals surface area contributed by atoms with Crippen molar-refractivity contribution in [2.24, 2.45) is 5.73 Å². The Balaban J connectivity index is 2.43. The third-order valence-corrected chi connectivity index (χ3v) is 3.55. The third-order valence-electron chi connectivity index (χ3n) is 3.55. The van der Waals surface area contributed by atoms with Crippen LogP contribution in [0.3, 0.4) is 0 Å². The molecule has 0 fully saturated rings. The highest BCUT2D eigenvalue weighted by Gasteiger charge is 2.28. The van der Waals surface area contributed by atoms with Crippen molar-refractivity contribution in [2.75, 3.05) is 6.61 Å². The van der Waals surface area contributed by atoms with Crippen LogP contribution in [0, 0.1) is 11.3 Å². The van der Waals surface area contributed by atoms with E-state index in [9.17, 15) is 5.26 Å². The topological polar surface area (TPSA) is 59.0 Å². The van der Waals surface area contributed by atoms with Crippen molar-refractivity contribution in [3.05, 3.63) is 35.9 Å². The van der Waals surface area contributed by atoms with E-state index in [2.05, 4.69) is 19.9 Å². The molecule has 0 aromatic heterocycles. The summed E-state index contributed by atoms with van der Waals surface area (Å²) in [5, 5.41) is 9.34. The molecule has 0 aliphatic rings. The molecule has 110 valence electrons. The van der Waals surface area contributed by atoms with Gasteiger partial charge in [-0.05, 0) is 18.9 Å². The van der Waals surface area contributed by atoms with E-state index in [1.54, 1.807) is 0 Å². The molecule has 0 saturated carbocycles. The van der Waals surface area contributed by atoms with Gasteiger partial charge in [-0.3, -0.25) is 0 Å². The van der Waals surface area contributed by atoms with E-state index in [0.29, 0.717) is 0 Å². The lowest BCUT2D eigenvalue weighted by atomic mass is 9.93. The molecule has 0 bridgehead atoms. The van der Waals surface area contributed by atoms with Crippen LogP contribution in [-0.4, -0.2) is 12.7 Å². The zero-order valence-corrected chi connectivity index (χ0v) is 12.6. The molecule has 1 aromatic carbocycles. The maximum atomic E-state index is 9.34. The van der Waals surface area contributed by atoms with Crippen molar-refractivity contribution < 1.29 is 4.74 Å². The van der Waals surface area contributed by atoms with Crippen LogP contribution in [0.2, 0.25) is 0 Å². The molecule has 2 N–H and O–H groups in total. The van der Waals surface area contributed by atoms with Crippen molar-refractivity contribution >= 4 is 0 Å². The first-order chi connectivity index (χ1) is 9.62. The molecule has 1 aromatic rings. The quantitative estimate of drug-likeness (QED) is 0.698. The molecule has 2 unspecified atom stereocenters. The third kappa shape index (κ3) is 5.32. The van der Waals surface area contributed by atoms with Crippen molar-refractivity contribution in [1.29, 1.82) is 5.26 Å². The fourth-order valence-corrected chi connectivity index (χ4v) is 2.13. The summed E-state index contributed by atoms with van der Waals surface area (Å²) in [6.45, 7) is 4.49. The van der Waals surface area contributed by atoms with E-state index < -0.39 is 5.54 Å². The molecular weight excluding hydrogens is 248 g/mol. The van der Waals surface area contributed by atoms with Gasteiger partial charge in [-0.15, -0.1) is 0 Å². The second kappa shape index (κ2) is 8.73. The molecule has 0 spiro atoms. The summed E-state index contributed by atoms with van der Waals surface area (Å²) in [5.74, 6) is 0. The number of nitriles is 1. The maximum Gasteiger partial charge on any atom is 0.153 e. The van der Waals surface area contributed by atoms with Gasteiger partial charge in [0.25, 0.3) is 0 Å². The molecule has 0 aliphatic carbocycles. The van der Waals surface area contributed by atoms with Gasteiger partial charge in [-0.1, -0.05) is 62.9 Å². The smallest absolute Gasteiger partial charge is 0.153 e. The van der Waals surface area contributed by atoms with Gasteiger partial charge in [0.15, 0.2) is 5.54 Å². The SMILES string of the molecule is CCCCCCC(C)OCC(N)(C#N)c1ccccc1. The molecule has 0 aliphatic heterocycles. The van der Waals surface area contributed by atoms with E-state index in [1.807, 2.05) is 30.3 Å². The standard InChI is InChI=1S/C17H26N2O/c1-3-4-5-7-10-15(2)20-14-17(19,13-18)16-11-8-6-9-12-16/h6,8-9,11-12,15H,3-5,7,10,14,19H2,1-2H3.